The third kappa shape index (κ3) is 3.38. The third-order valence-corrected chi connectivity index (χ3v) is 2.22. The minimum atomic E-state index is 0.0790. The van der Waals surface area contributed by atoms with E-state index >= 15 is 0 Å². The summed E-state index contributed by atoms with van der Waals surface area (Å²) in [5.74, 6) is 0.333. The molecule has 8 heteroatoms. The number of aromatic nitrogens is 5. The van der Waals surface area contributed by atoms with Crippen LogP contribution in [0.1, 0.15) is 0 Å². The van der Waals surface area contributed by atoms with Crippen molar-refractivity contribution >= 4 is 11.6 Å². The lowest BCUT2D eigenvalue weighted by atomic mass is 10.6. The molecule has 96 valence electrons. The molecule has 2 aromatic heterocycles. The normalized spacial score (nSPS) is 10.9. The first-order valence-corrected chi connectivity index (χ1v) is 5.72. The number of halogens is 1. The first kappa shape index (κ1) is 12.7. The summed E-state index contributed by atoms with van der Waals surface area (Å²) in [5, 5.41) is 4.10. The molecule has 2 aromatic rings. The zero-order valence-electron chi connectivity index (χ0n) is 10.1. The van der Waals surface area contributed by atoms with Crippen LogP contribution < -0.4 is 4.74 Å². The average Bonchev–Trinajstić information content (AvgIpc) is 2.81. The van der Waals surface area contributed by atoms with Crippen molar-refractivity contribution in [3.8, 4) is 12.0 Å². The Kier molecular flexibility index (Phi) is 4.06. The topological polar surface area (TPSA) is 69.0 Å². The molecule has 0 atom stereocenters. The lowest BCUT2D eigenvalue weighted by Crippen LogP contribution is -2.20. The molecule has 0 saturated carbocycles. The van der Waals surface area contributed by atoms with E-state index in [0.29, 0.717) is 12.6 Å². The monoisotopic (exact) mass is 268 g/mol. The van der Waals surface area contributed by atoms with Crippen molar-refractivity contribution in [2.45, 2.75) is 0 Å². The van der Waals surface area contributed by atoms with E-state index in [1.165, 1.54) is 4.68 Å². The molecule has 2 heterocycles. The molecule has 0 aromatic carbocycles. The fraction of sp³-hybridized carbons (Fsp3) is 0.400. The standard InChI is InChI=1S/C10H13ClN6O/c1-16(2)6-7-18-10-14-8(11)13-9(15-10)17-5-3-4-12-17/h3-5H,6-7H2,1-2H3. The summed E-state index contributed by atoms with van der Waals surface area (Å²) < 4.78 is 6.90. The van der Waals surface area contributed by atoms with Gasteiger partial charge in [0, 0.05) is 18.9 Å². The number of hydrogen-bond acceptors (Lipinski definition) is 6. The highest BCUT2D eigenvalue weighted by molar-refractivity contribution is 6.28. The van der Waals surface area contributed by atoms with Crippen LogP contribution in [0.25, 0.3) is 5.95 Å². The number of likely N-dealkylation sites (N-methyl/N-ethyl adjacent to an activating group) is 1. The molecule has 0 aliphatic heterocycles. The SMILES string of the molecule is CN(C)CCOc1nc(Cl)nc(-n2cccn2)n1. The van der Waals surface area contributed by atoms with Crippen molar-refractivity contribution in [3.63, 3.8) is 0 Å². The van der Waals surface area contributed by atoms with Gasteiger partial charge in [0.2, 0.25) is 5.28 Å². The quantitative estimate of drug-likeness (QED) is 0.793. The van der Waals surface area contributed by atoms with E-state index in [1.54, 1.807) is 18.5 Å². The van der Waals surface area contributed by atoms with Crippen LogP contribution in [-0.2, 0) is 0 Å². The van der Waals surface area contributed by atoms with Crippen molar-refractivity contribution in [3.05, 3.63) is 23.7 Å². The molecule has 0 fully saturated rings. The summed E-state index contributed by atoms with van der Waals surface area (Å²) in [7, 11) is 3.91. The zero-order valence-corrected chi connectivity index (χ0v) is 10.9. The van der Waals surface area contributed by atoms with Gasteiger partial charge in [-0.25, -0.2) is 4.68 Å². The van der Waals surface area contributed by atoms with Crippen LogP contribution in [0.5, 0.6) is 6.01 Å². The van der Waals surface area contributed by atoms with Crippen molar-refractivity contribution in [1.29, 1.82) is 0 Å². The maximum Gasteiger partial charge on any atom is 0.322 e. The summed E-state index contributed by atoms with van der Waals surface area (Å²) in [5.41, 5.74) is 0. The molecule has 18 heavy (non-hydrogen) atoms. The molecule has 0 aliphatic rings. The maximum atomic E-state index is 5.81. The van der Waals surface area contributed by atoms with E-state index in [-0.39, 0.29) is 11.3 Å². The van der Waals surface area contributed by atoms with Gasteiger partial charge in [0.25, 0.3) is 5.95 Å². The molecule has 0 bridgehead atoms. The van der Waals surface area contributed by atoms with Gasteiger partial charge in [-0.1, -0.05) is 0 Å². The Bertz CT molecular complexity index is 501. The molecule has 0 saturated heterocycles. The van der Waals surface area contributed by atoms with Crippen LogP contribution in [0.4, 0.5) is 0 Å². The van der Waals surface area contributed by atoms with Crippen molar-refractivity contribution in [2.24, 2.45) is 0 Å². The van der Waals surface area contributed by atoms with Gasteiger partial charge >= 0.3 is 6.01 Å². The van der Waals surface area contributed by atoms with Crippen LogP contribution in [0.3, 0.4) is 0 Å². The van der Waals surface area contributed by atoms with Crippen LogP contribution in [-0.4, -0.2) is 56.9 Å². The van der Waals surface area contributed by atoms with Gasteiger partial charge in [-0.3, -0.25) is 0 Å². The minimum absolute atomic E-state index is 0.0790. The van der Waals surface area contributed by atoms with Gasteiger partial charge in [-0.15, -0.1) is 0 Å². The Morgan fingerprint density at radius 3 is 2.83 bits per heavy atom. The smallest absolute Gasteiger partial charge is 0.322 e. The number of hydrogen-bond donors (Lipinski definition) is 0. The number of nitrogens with zero attached hydrogens (tertiary/aromatic N) is 6. The predicted octanol–water partition coefficient (Wildman–Crippen LogP) is 0.651. The van der Waals surface area contributed by atoms with Crippen LogP contribution in [0.15, 0.2) is 18.5 Å². The summed E-state index contributed by atoms with van der Waals surface area (Å²) in [6.45, 7) is 1.24. The highest BCUT2D eigenvalue weighted by Gasteiger charge is 2.08. The third-order valence-electron chi connectivity index (χ3n) is 2.05. The fourth-order valence-corrected chi connectivity index (χ4v) is 1.34. The maximum absolute atomic E-state index is 5.81. The Morgan fingerprint density at radius 1 is 1.33 bits per heavy atom. The molecule has 0 unspecified atom stereocenters. The fourth-order valence-electron chi connectivity index (χ4n) is 1.20. The summed E-state index contributed by atoms with van der Waals surface area (Å²) in [6.07, 6.45) is 3.35. The second-order valence-corrected chi connectivity index (χ2v) is 4.13. The lowest BCUT2D eigenvalue weighted by Gasteiger charge is -2.10. The van der Waals surface area contributed by atoms with Crippen molar-refractivity contribution in [2.75, 3.05) is 27.2 Å². The Morgan fingerprint density at radius 2 is 2.17 bits per heavy atom. The largest absolute Gasteiger partial charge is 0.462 e. The van der Waals surface area contributed by atoms with Crippen LogP contribution in [0.2, 0.25) is 5.28 Å². The van der Waals surface area contributed by atoms with Gasteiger partial charge < -0.3 is 9.64 Å². The van der Waals surface area contributed by atoms with Crippen molar-refractivity contribution in [1.82, 2.24) is 29.6 Å². The van der Waals surface area contributed by atoms with E-state index < -0.39 is 0 Å². The molecule has 0 aliphatic carbocycles. The van der Waals surface area contributed by atoms with E-state index in [2.05, 4.69) is 20.1 Å². The molecule has 2 rings (SSSR count). The first-order valence-electron chi connectivity index (χ1n) is 5.34. The Balaban J connectivity index is 2.12. The molecule has 0 spiro atoms. The van der Waals surface area contributed by atoms with E-state index in [9.17, 15) is 0 Å². The van der Waals surface area contributed by atoms with Gasteiger partial charge in [-0.2, -0.15) is 20.1 Å². The molecule has 0 N–H and O–H groups in total. The molecule has 7 nitrogen and oxygen atoms in total. The zero-order chi connectivity index (χ0) is 13.0. The Labute approximate surface area is 109 Å². The van der Waals surface area contributed by atoms with Crippen LogP contribution >= 0.6 is 11.6 Å². The summed E-state index contributed by atoms with van der Waals surface area (Å²) >= 11 is 5.81. The van der Waals surface area contributed by atoms with Gasteiger partial charge in [-0.05, 0) is 31.8 Å². The van der Waals surface area contributed by atoms with Gasteiger partial charge in [0.05, 0.1) is 0 Å². The number of rotatable bonds is 5. The lowest BCUT2D eigenvalue weighted by molar-refractivity contribution is 0.244. The van der Waals surface area contributed by atoms with Gasteiger partial charge in [0.1, 0.15) is 6.61 Å². The summed E-state index contributed by atoms with van der Waals surface area (Å²) in [6, 6.07) is 1.96. The Hall–Kier alpha value is -1.73. The summed E-state index contributed by atoms with van der Waals surface area (Å²) in [4.78, 5) is 14.0. The second kappa shape index (κ2) is 5.74. The molecule has 0 radical (unpaired) electrons. The van der Waals surface area contributed by atoms with Gasteiger partial charge in [0.15, 0.2) is 0 Å². The van der Waals surface area contributed by atoms with Crippen molar-refractivity contribution < 1.29 is 4.74 Å². The minimum Gasteiger partial charge on any atom is -0.462 e. The molecular formula is C10H13ClN6O. The number of ether oxygens (including phenoxy) is 1. The second-order valence-electron chi connectivity index (χ2n) is 3.79. The molecular weight excluding hydrogens is 256 g/mol. The first-order chi connectivity index (χ1) is 8.65. The molecule has 0 amide bonds. The average molecular weight is 269 g/mol. The highest BCUT2D eigenvalue weighted by atomic mass is 35.5. The predicted molar refractivity (Wildman–Crippen MR) is 66.0 cm³/mol. The highest BCUT2D eigenvalue weighted by Crippen LogP contribution is 2.10. The van der Waals surface area contributed by atoms with E-state index in [4.69, 9.17) is 16.3 Å². The van der Waals surface area contributed by atoms with E-state index in [1.807, 2.05) is 19.0 Å². The van der Waals surface area contributed by atoms with Crippen LogP contribution in [0, 0.1) is 0 Å². The van der Waals surface area contributed by atoms with E-state index in [0.717, 1.165) is 6.54 Å².